The Morgan fingerprint density at radius 1 is 0.881 bits per heavy atom. The number of pyridine rings is 1. The number of aliphatic hydroxyl groups excluding tert-OH is 1. The molecule has 2 aliphatic heterocycles. The number of benzene rings is 3. The Morgan fingerprint density at radius 3 is 2.64 bits per heavy atom. The second kappa shape index (κ2) is 13.6. The van der Waals surface area contributed by atoms with E-state index in [4.69, 9.17) is 9.72 Å². The van der Waals surface area contributed by atoms with E-state index in [0.717, 1.165) is 89.6 Å². The average Bonchev–Trinajstić information content (AvgIpc) is 3.36. The number of morpholine rings is 1. The molecular weight excluding hydrogens is 522 g/mol. The number of fused-ring (bicyclic) bond motifs is 2. The van der Waals surface area contributed by atoms with Crippen molar-refractivity contribution in [2.45, 2.75) is 39.3 Å². The topological polar surface area (TPSA) is 64.1 Å². The first-order valence-corrected chi connectivity index (χ1v) is 15.4. The van der Waals surface area contributed by atoms with Crippen molar-refractivity contribution >= 4 is 28.0 Å². The van der Waals surface area contributed by atoms with Crippen LogP contribution in [0.5, 0.6) is 0 Å². The first-order valence-electron chi connectivity index (χ1n) is 15.4. The summed E-state index contributed by atoms with van der Waals surface area (Å²) in [5.74, 6) is 0. The van der Waals surface area contributed by atoms with Crippen LogP contribution < -0.4 is 15.1 Å². The van der Waals surface area contributed by atoms with E-state index < -0.39 is 0 Å². The first kappa shape index (κ1) is 28.5. The van der Waals surface area contributed by atoms with Gasteiger partial charge in [-0.3, -0.25) is 9.88 Å². The van der Waals surface area contributed by atoms with Gasteiger partial charge in [-0.25, -0.2) is 0 Å². The van der Waals surface area contributed by atoms with Gasteiger partial charge in [0.05, 0.1) is 36.8 Å². The molecule has 3 aromatic carbocycles. The molecule has 2 aliphatic rings. The Balaban J connectivity index is 1.22. The zero-order valence-electron chi connectivity index (χ0n) is 24.8. The monoisotopic (exact) mass is 565 g/mol. The maximum atomic E-state index is 9.36. The molecule has 0 radical (unpaired) electrons. The van der Waals surface area contributed by atoms with Gasteiger partial charge in [0.2, 0.25) is 0 Å². The molecule has 6 rings (SSSR count). The van der Waals surface area contributed by atoms with Gasteiger partial charge in [0.15, 0.2) is 0 Å². The lowest BCUT2D eigenvalue weighted by Crippen LogP contribution is -2.38. The van der Waals surface area contributed by atoms with Crippen molar-refractivity contribution in [1.82, 2.24) is 9.88 Å². The number of rotatable bonds is 12. The molecule has 0 unspecified atom stereocenters. The molecule has 0 amide bonds. The van der Waals surface area contributed by atoms with E-state index >= 15 is 0 Å². The van der Waals surface area contributed by atoms with Gasteiger partial charge in [-0.2, -0.15) is 0 Å². The summed E-state index contributed by atoms with van der Waals surface area (Å²) in [4.78, 5) is 12.3. The molecule has 7 nitrogen and oxygen atoms in total. The number of aliphatic hydroxyl groups is 1. The Bertz CT molecular complexity index is 1480. The van der Waals surface area contributed by atoms with E-state index in [0.29, 0.717) is 0 Å². The predicted molar refractivity (Wildman–Crippen MR) is 172 cm³/mol. The van der Waals surface area contributed by atoms with Crippen molar-refractivity contribution < 1.29 is 9.84 Å². The SMILES string of the molecule is Cc1ccc(CCCO)c(NCc2ccc3c(c2)N(Cc2cccc4cccnc24)CN3CCCN2CCOCC2)c1. The summed E-state index contributed by atoms with van der Waals surface area (Å²) < 4.78 is 5.54. The minimum Gasteiger partial charge on any atom is -0.396 e. The molecule has 1 fully saturated rings. The highest BCUT2D eigenvalue weighted by Crippen LogP contribution is 2.38. The number of hydrogen-bond donors (Lipinski definition) is 2. The Labute approximate surface area is 249 Å². The van der Waals surface area contributed by atoms with E-state index in [1.54, 1.807) is 0 Å². The fourth-order valence-corrected chi connectivity index (χ4v) is 6.23. The maximum Gasteiger partial charge on any atom is 0.0907 e. The van der Waals surface area contributed by atoms with Gasteiger partial charge in [-0.15, -0.1) is 0 Å². The number of nitrogens with zero attached hydrogens (tertiary/aromatic N) is 4. The van der Waals surface area contributed by atoms with E-state index in [9.17, 15) is 5.11 Å². The molecule has 0 aliphatic carbocycles. The number of aromatic nitrogens is 1. The van der Waals surface area contributed by atoms with Gasteiger partial charge in [0.25, 0.3) is 0 Å². The normalized spacial score (nSPS) is 15.4. The molecule has 3 heterocycles. The minimum atomic E-state index is 0.211. The lowest BCUT2D eigenvalue weighted by molar-refractivity contribution is 0.0376. The molecule has 4 aromatic rings. The van der Waals surface area contributed by atoms with Crippen molar-refractivity contribution in [2.24, 2.45) is 0 Å². The molecule has 0 spiro atoms. The van der Waals surface area contributed by atoms with Crippen LogP contribution in [0.3, 0.4) is 0 Å². The summed E-state index contributed by atoms with van der Waals surface area (Å²) in [6, 6.07) is 24.2. The number of nitrogens with one attached hydrogen (secondary N) is 1. The van der Waals surface area contributed by atoms with Crippen LogP contribution in [0.1, 0.15) is 35.1 Å². The van der Waals surface area contributed by atoms with Crippen LogP contribution in [-0.2, 0) is 24.2 Å². The second-order valence-electron chi connectivity index (χ2n) is 11.6. The predicted octanol–water partition coefficient (Wildman–Crippen LogP) is 5.59. The molecule has 0 saturated carbocycles. The van der Waals surface area contributed by atoms with E-state index in [-0.39, 0.29) is 6.61 Å². The number of aryl methyl sites for hydroxylation is 2. The van der Waals surface area contributed by atoms with Crippen LogP contribution in [0.15, 0.2) is 72.9 Å². The zero-order valence-corrected chi connectivity index (χ0v) is 24.8. The molecule has 2 N–H and O–H groups in total. The molecule has 1 saturated heterocycles. The summed E-state index contributed by atoms with van der Waals surface area (Å²) in [7, 11) is 0. The average molecular weight is 566 g/mol. The minimum absolute atomic E-state index is 0.211. The van der Waals surface area contributed by atoms with Gasteiger partial charge in [0, 0.05) is 63.1 Å². The summed E-state index contributed by atoms with van der Waals surface area (Å²) >= 11 is 0. The first-order chi connectivity index (χ1) is 20.7. The summed E-state index contributed by atoms with van der Waals surface area (Å²) in [6.07, 6.45) is 4.67. The van der Waals surface area contributed by atoms with Crippen LogP contribution in [0, 0.1) is 6.92 Å². The van der Waals surface area contributed by atoms with Crippen LogP contribution >= 0.6 is 0 Å². The number of para-hydroxylation sites is 1. The van der Waals surface area contributed by atoms with Crippen molar-refractivity contribution in [3.05, 3.63) is 95.2 Å². The third kappa shape index (κ3) is 6.70. The van der Waals surface area contributed by atoms with Crippen molar-refractivity contribution in [3.8, 4) is 0 Å². The van der Waals surface area contributed by atoms with Crippen molar-refractivity contribution in [3.63, 3.8) is 0 Å². The Kier molecular flexibility index (Phi) is 9.18. The molecule has 220 valence electrons. The fraction of sp³-hybridized carbons (Fsp3) is 0.400. The van der Waals surface area contributed by atoms with Gasteiger partial charge in [-0.1, -0.05) is 42.5 Å². The summed E-state index contributed by atoms with van der Waals surface area (Å²) in [5.41, 5.74) is 9.86. The van der Waals surface area contributed by atoms with Gasteiger partial charge in [-0.05, 0) is 72.7 Å². The maximum absolute atomic E-state index is 9.36. The zero-order chi connectivity index (χ0) is 28.7. The number of hydrogen-bond acceptors (Lipinski definition) is 7. The molecule has 42 heavy (non-hydrogen) atoms. The lowest BCUT2D eigenvalue weighted by atomic mass is 10.0. The van der Waals surface area contributed by atoms with E-state index in [1.807, 2.05) is 12.3 Å². The van der Waals surface area contributed by atoms with Crippen LogP contribution in [0.4, 0.5) is 17.1 Å². The molecule has 7 heteroatoms. The van der Waals surface area contributed by atoms with Crippen molar-refractivity contribution in [2.75, 3.05) is 67.8 Å². The smallest absolute Gasteiger partial charge is 0.0907 e. The van der Waals surface area contributed by atoms with E-state index in [2.05, 4.69) is 87.6 Å². The van der Waals surface area contributed by atoms with Gasteiger partial charge >= 0.3 is 0 Å². The highest BCUT2D eigenvalue weighted by Gasteiger charge is 2.27. The quantitative estimate of drug-likeness (QED) is 0.232. The third-order valence-corrected chi connectivity index (χ3v) is 8.50. The van der Waals surface area contributed by atoms with E-state index in [1.165, 1.54) is 39.0 Å². The Hall–Kier alpha value is -3.65. The highest BCUT2D eigenvalue weighted by molar-refractivity contribution is 5.83. The van der Waals surface area contributed by atoms with Gasteiger partial charge < -0.3 is 25.0 Å². The largest absolute Gasteiger partial charge is 0.396 e. The third-order valence-electron chi connectivity index (χ3n) is 8.50. The summed E-state index contributed by atoms with van der Waals surface area (Å²) in [5, 5.41) is 14.2. The number of anilines is 3. The van der Waals surface area contributed by atoms with Crippen LogP contribution in [0.25, 0.3) is 10.9 Å². The molecular formula is C35H43N5O2. The van der Waals surface area contributed by atoms with Crippen molar-refractivity contribution in [1.29, 1.82) is 0 Å². The molecule has 1 aromatic heterocycles. The standard InChI is InChI=1S/C35H43N5O2/c1-27-10-12-29(9-4-19-41)32(22-27)37-24-28-11-13-33-34(23-28)40(25-31-7-2-6-30-8-3-14-36-35(30)31)26-39(33)16-5-15-38-17-20-42-21-18-38/h2-3,6-8,10-14,22-23,37,41H,4-5,9,15-21,24-26H2,1H3. The highest BCUT2D eigenvalue weighted by atomic mass is 16.5. The molecule has 0 atom stereocenters. The lowest BCUT2D eigenvalue weighted by Gasteiger charge is -2.28. The Morgan fingerprint density at radius 2 is 1.76 bits per heavy atom. The van der Waals surface area contributed by atoms with Crippen LogP contribution in [0.2, 0.25) is 0 Å². The fourth-order valence-electron chi connectivity index (χ4n) is 6.23. The number of ether oxygens (including phenoxy) is 1. The molecule has 0 bridgehead atoms. The van der Waals surface area contributed by atoms with Gasteiger partial charge in [0.1, 0.15) is 0 Å². The summed E-state index contributed by atoms with van der Waals surface area (Å²) in [6.45, 7) is 10.7. The van der Waals surface area contributed by atoms with Crippen LogP contribution in [-0.4, -0.2) is 67.7 Å². The second-order valence-corrected chi connectivity index (χ2v) is 11.6.